The van der Waals surface area contributed by atoms with Gasteiger partial charge in [0.1, 0.15) is 0 Å². The van der Waals surface area contributed by atoms with Gasteiger partial charge in [0, 0.05) is 44.7 Å². The lowest BCUT2D eigenvalue weighted by Crippen LogP contribution is -2.45. The van der Waals surface area contributed by atoms with Crippen LogP contribution in [-0.2, 0) is 17.8 Å². The Kier molecular flexibility index (Phi) is 8.60. The maximum absolute atomic E-state index is 13.6. The number of hydrazine groups is 1. The van der Waals surface area contributed by atoms with Crippen LogP contribution in [-0.4, -0.2) is 61.6 Å². The fraction of sp³-hybridized carbons (Fsp3) is 0.233. The summed E-state index contributed by atoms with van der Waals surface area (Å²) >= 11 is 13.1. The van der Waals surface area contributed by atoms with Crippen molar-refractivity contribution < 1.29 is 19.4 Å². The number of halogens is 2. The molecule has 9 nitrogen and oxygen atoms in total. The molecule has 0 radical (unpaired) electrons. The highest BCUT2D eigenvalue weighted by Gasteiger charge is 2.28. The highest BCUT2D eigenvalue weighted by atomic mass is 35.5. The molecule has 5 rings (SSSR count). The van der Waals surface area contributed by atoms with Gasteiger partial charge in [-0.2, -0.15) is 0 Å². The topological polar surface area (TPSA) is 118 Å². The van der Waals surface area contributed by atoms with E-state index in [4.69, 9.17) is 33.3 Å². The third-order valence-corrected chi connectivity index (χ3v) is 7.83. The monoisotopic (exact) mass is 593 g/mol. The summed E-state index contributed by atoms with van der Waals surface area (Å²) in [6.45, 7) is 2.99. The number of rotatable bonds is 7. The van der Waals surface area contributed by atoms with E-state index in [1.54, 1.807) is 31.4 Å². The van der Waals surface area contributed by atoms with Gasteiger partial charge in [0.05, 0.1) is 46.6 Å². The lowest BCUT2D eigenvalue weighted by Gasteiger charge is -2.32. The summed E-state index contributed by atoms with van der Waals surface area (Å²) in [4.78, 5) is 27.6. The minimum atomic E-state index is -0.971. The van der Waals surface area contributed by atoms with Crippen molar-refractivity contribution in [1.82, 2.24) is 15.8 Å². The molecule has 0 atom stereocenters. The third kappa shape index (κ3) is 5.80. The van der Waals surface area contributed by atoms with E-state index in [2.05, 4.69) is 10.7 Å². The fourth-order valence-corrected chi connectivity index (χ4v) is 5.84. The summed E-state index contributed by atoms with van der Waals surface area (Å²) in [6, 6.07) is 14.6. The number of benzene rings is 3. The lowest BCUT2D eigenvalue weighted by atomic mass is 9.92. The number of hydrogen-bond acceptors (Lipinski definition) is 7. The predicted molar refractivity (Wildman–Crippen MR) is 161 cm³/mol. The molecule has 0 saturated carbocycles. The van der Waals surface area contributed by atoms with Crippen molar-refractivity contribution in [3.05, 3.63) is 92.6 Å². The Balaban J connectivity index is 1.44. The van der Waals surface area contributed by atoms with Crippen molar-refractivity contribution in [2.75, 3.05) is 38.3 Å². The Morgan fingerprint density at radius 1 is 1.10 bits per heavy atom. The summed E-state index contributed by atoms with van der Waals surface area (Å²) in [7, 11) is 1.73. The summed E-state index contributed by atoms with van der Waals surface area (Å²) < 4.78 is 5.46. The Morgan fingerprint density at radius 2 is 1.83 bits per heavy atom. The molecule has 0 unspecified atom stereocenters. The van der Waals surface area contributed by atoms with E-state index in [0.717, 1.165) is 22.3 Å². The smallest absolute Gasteiger partial charge is 0.337 e. The van der Waals surface area contributed by atoms with Crippen LogP contribution in [0.25, 0.3) is 16.7 Å². The zero-order chi connectivity index (χ0) is 29.1. The van der Waals surface area contributed by atoms with Gasteiger partial charge in [-0.3, -0.25) is 9.80 Å². The molecule has 2 aliphatic rings. The standard InChI is InChI=1S/C30H29Cl2N5O4/c1-34-15-21(14-33)20-11-25(31)28(26(32)12-20)29(38)37-17-19-3-2-4-22(24(19)16-35-37)18-5-6-23(30(39)40)27(13-18)36-7-9-41-10-8-36/h2-6,11-15,33-35H,7-10,16-17H2,1H3,(H,39,40)/b21-15+,33-14?. The quantitative estimate of drug-likeness (QED) is 0.283. The van der Waals surface area contributed by atoms with Crippen LogP contribution in [0, 0.1) is 5.41 Å². The van der Waals surface area contributed by atoms with E-state index in [0.29, 0.717) is 49.7 Å². The molecule has 1 amide bonds. The molecule has 0 bridgehead atoms. The second-order valence-electron chi connectivity index (χ2n) is 9.65. The second-order valence-corrected chi connectivity index (χ2v) is 10.5. The molecule has 0 spiro atoms. The fourth-order valence-electron chi connectivity index (χ4n) is 5.20. The number of aromatic carboxylic acids is 1. The average Bonchev–Trinajstić information content (AvgIpc) is 2.98. The lowest BCUT2D eigenvalue weighted by molar-refractivity contribution is 0.0612. The van der Waals surface area contributed by atoms with Crippen molar-refractivity contribution in [3.8, 4) is 11.1 Å². The normalized spacial score (nSPS) is 15.3. The van der Waals surface area contributed by atoms with Crippen LogP contribution >= 0.6 is 23.2 Å². The molecule has 3 aromatic rings. The van der Waals surface area contributed by atoms with Crippen LogP contribution < -0.4 is 15.6 Å². The molecule has 212 valence electrons. The van der Waals surface area contributed by atoms with Crippen LogP contribution in [0.15, 0.2) is 54.7 Å². The molecule has 2 aliphatic heterocycles. The van der Waals surface area contributed by atoms with Gasteiger partial charge >= 0.3 is 5.97 Å². The molecular formula is C30H29Cl2N5O4. The first-order valence-corrected chi connectivity index (χ1v) is 13.8. The number of carbonyl (C=O) groups excluding carboxylic acids is 1. The maximum atomic E-state index is 13.6. The van der Waals surface area contributed by atoms with Gasteiger partial charge in [-0.1, -0.05) is 47.5 Å². The second kappa shape index (κ2) is 12.3. The van der Waals surface area contributed by atoms with E-state index >= 15 is 0 Å². The van der Waals surface area contributed by atoms with Gasteiger partial charge in [0.2, 0.25) is 0 Å². The highest BCUT2D eigenvalue weighted by Crippen LogP contribution is 2.35. The zero-order valence-electron chi connectivity index (χ0n) is 22.3. The van der Waals surface area contributed by atoms with E-state index in [9.17, 15) is 14.7 Å². The van der Waals surface area contributed by atoms with Crippen molar-refractivity contribution in [1.29, 1.82) is 5.41 Å². The van der Waals surface area contributed by atoms with Crippen LogP contribution in [0.4, 0.5) is 5.69 Å². The van der Waals surface area contributed by atoms with E-state index in [1.807, 2.05) is 35.2 Å². The first-order valence-electron chi connectivity index (χ1n) is 13.1. The van der Waals surface area contributed by atoms with E-state index in [-0.39, 0.29) is 33.6 Å². The molecule has 0 aromatic heterocycles. The van der Waals surface area contributed by atoms with Crippen molar-refractivity contribution in [2.45, 2.75) is 13.1 Å². The average molecular weight is 594 g/mol. The largest absolute Gasteiger partial charge is 0.478 e. The summed E-state index contributed by atoms with van der Waals surface area (Å²) in [5, 5.41) is 22.2. The molecule has 2 heterocycles. The van der Waals surface area contributed by atoms with E-state index in [1.165, 1.54) is 11.2 Å². The number of carboxylic acid groups (broad SMARTS) is 1. The molecule has 11 heteroatoms. The minimum absolute atomic E-state index is 0.178. The van der Waals surface area contributed by atoms with Crippen LogP contribution in [0.5, 0.6) is 0 Å². The number of carboxylic acids is 1. The molecule has 1 saturated heterocycles. The summed E-state index contributed by atoms with van der Waals surface area (Å²) in [5.74, 6) is -1.33. The van der Waals surface area contributed by atoms with Gasteiger partial charge in [-0.05, 0) is 52.1 Å². The SMILES string of the molecule is CN/C=C(\C=N)c1cc(Cl)c(C(=O)N2Cc3cccc(-c4ccc(C(=O)O)c(N5CCOCC5)c4)c3CN2)c(Cl)c1. The predicted octanol–water partition coefficient (Wildman–Crippen LogP) is 5.07. The number of fused-ring (bicyclic) bond motifs is 1. The van der Waals surface area contributed by atoms with E-state index < -0.39 is 5.97 Å². The van der Waals surface area contributed by atoms with Crippen LogP contribution in [0.3, 0.4) is 0 Å². The zero-order valence-corrected chi connectivity index (χ0v) is 23.9. The Bertz CT molecular complexity index is 1530. The van der Waals surface area contributed by atoms with Crippen LogP contribution in [0.1, 0.15) is 37.4 Å². The third-order valence-electron chi connectivity index (χ3n) is 7.23. The van der Waals surface area contributed by atoms with Gasteiger partial charge in [0.15, 0.2) is 0 Å². The number of morpholine rings is 1. The van der Waals surface area contributed by atoms with Gasteiger partial charge < -0.3 is 25.5 Å². The Morgan fingerprint density at radius 3 is 2.49 bits per heavy atom. The number of nitrogens with one attached hydrogen (secondary N) is 3. The first kappa shape index (κ1) is 28.6. The number of nitrogens with zero attached hydrogens (tertiary/aromatic N) is 2. The molecule has 3 aromatic carbocycles. The van der Waals surface area contributed by atoms with Gasteiger partial charge in [-0.25, -0.2) is 10.2 Å². The van der Waals surface area contributed by atoms with Crippen molar-refractivity contribution >= 4 is 52.6 Å². The number of hydrogen-bond donors (Lipinski definition) is 4. The number of amides is 1. The number of carbonyl (C=O) groups is 2. The molecular weight excluding hydrogens is 565 g/mol. The van der Waals surface area contributed by atoms with Crippen molar-refractivity contribution in [3.63, 3.8) is 0 Å². The summed E-state index contributed by atoms with van der Waals surface area (Å²) in [6.07, 6.45) is 2.83. The highest BCUT2D eigenvalue weighted by molar-refractivity contribution is 6.40. The number of ether oxygens (including phenoxy) is 1. The first-order chi connectivity index (χ1) is 19.8. The molecule has 4 N–H and O–H groups in total. The molecule has 1 fully saturated rings. The number of allylic oxidation sites excluding steroid dienone is 1. The maximum Gasteiger partial charge on any atom is 0.337 e. The van der Waals surface area contributed by atoms with Gasteiger partial charge in [-0.15, -0.1) is 0 Å². The Hall–Kier alpha value is -3.89. The summed E-state index contributed by atoms with van der Waals surface area (Å²) in [5.41, 5.74) is 9.33. The Labute approximate surface area is 247 Å². The van der Waals surface area contributed by atoms with Crippen LogP contribution in [0.2, 0.25) is 10.0 Å². The van der Waals surface area contributed by atoms with Crippen molar-refractivity contribution in [2.24, 2.45) is 0 Å². The van der Waals surface area contributed by atoms with Gasteiger partial charge in [0.25, 0.3) is 5.91 Å². The number of anilines is 1. The minimum Gasteiger partial charge on any atom is -0.478 e. The molecule has 0 aliphatic carbocycles. The molecule has 41 heavy (non-hydrogen) atoms.